The highest BCUT2D eigenvalue weighted by molar-refractivity contribution is 6.14. The van der Waals surface area contributed by atoms with Crippen LogP contribution in [0.3, 0.4) is 0 Å². The van der Waals surface area contributed by atoms with E-state index in [-0.39, 0.29) is 0 Å². The number of allylic oxidation sites excluding steroid dienone is 2. The number of hydrogen-bond donors (Lipinski definition) is 0. The van der Waals surface area contributed by atoms with Crippen LogP contribution in [-0.4, -0.2) is 17.8 Å². The van der Waals surface area contributed by atoms with E-state index in [9.17, 15) is 0 Å². The van der Waals surface area contributed by atoms with Gasteiger partial charge in [0.2, 0.25) is 5.69 Å². The number of hydrogen-bond acceptors (Lipinski definition) is 1. The van der Waals surface area contributed by atoms with Crippen LogP contribution >= 0.6 is 0 Å². The topological polar surface area (TPSA) is 12.2 Å². The molecule has 5 rings (SSSR count). The van der Waals surface area contributed by atoms with E-state index in [1.165, 1.54) is 22.4 Å². The van der Waals surface area contributed by atoms with Crippen LogP contribution in [0.15, 0.2) is 90.7 Å². The van der Waals surface area contributed by atoms with Crippen LogP contribution in [0.4, 0.5) is 5.69 Å². The third-order valence-corrected chi connectivity index (χ3v) is 4.92. The highest BCUT2D eigenvalue weighted by Gasteiger charge is 2.28. The number of benzene rings is 3. The molecule has 0 saturated carbocycles. The molecule has 0 radical (unpaired) electrons. The molecule has 0 aromatic heterocycles. The standard InChI is InChI=1S/C24H18NO/c1-25-16-21(18-11-5-7-13-22(18)25)24-15-20(17-9-3-2-4-10-17)19-12-6-8-14-23(19)26-24/h2-16H,1H3/q+1. The van der Waals surface area contributed by atoms with Crippen molar-refractivity contribution in [3.8, 4) is 5.75 Å². The van der Waals surface area contributed by atoms with E-state index < -0.39 is 0 Å². The summed E-state index contributed by atoms with van der Waals surface area (Å²) in [5.41, 5.74) is 7.03. The summed E-state index contributed by atoms with van der Waals surface area (Å²) in [6.45, 7) is 0. The molecule has 124 valence electrons. The molecule has 0 unspecified atom stereocenters. The Morgan fingerprint density at radius 2 is 1.42 bits per heavy atom. The summed E-state index contributed by atoms with van der Waals surface area (Å²) in [5.74, 6) is 1.79. The van der Waals surface area contributed by atoms with Crippen LogP contribution in [0, 0.1) is 0 Å². The van der Waals surface area contributed by atoms with Gasteiger partial charge >= 0.3 is 0 Å². The zero-order valence-electron chi connectivity index (χ0n) is 14.5. The minimum atomic E-state index is 0.888. The van der Waals surface area contributed by atoms with Crippen molar-refractivity contribution >= 4 is 23.0 Å². The van der Waals surface area contributed by atoms with Crippen molar-refractivity contribution in [3.63, 3.8) is 0 Å². The van der Waals surface area contributed by atoms with Gasteiger partial charge in [-0.3, -0.25) is 0 Å². The number of para-hydroxylation sites is 2. The van der Waals surface area contributed by atoms with E-state index in [1.54, 1.807) is 0 Å². The first kappa shape index (κ1) is 14.9. The zero-order chi connectivity index (χ0) is 17.5. The maximum atomic E-state index is 6.32. The van der Waals surface area contributed by atoms with Crippen LogP contribution in [0.1, 0.15) is 16.7 Å². The molecule has 0 saturated heterocycles. The van der Waals surface area contributed by atoms with E-state index in [1.807, 2.05) is 18.2 Å². The van der Waals surface area contributed by atoms with Crippen LogP contribution < -0.4 is 4.74 Å². The fourth-order valence-corrected chi connectivity index (χ4v) is 3.66. The number of fused-ring (bicyclic) bond motifs is 2. The minimum Gasteiger partial charge on any atom is -0.456 e. The van der Waals surface area contributed by atoms with Crippen molar-refractivity contribution in [1.29, 1.82) is 0 Å². The van der Waals surface area contributed by atoms with Crippen LogP contribution in [0.5, 0.6) is 5.75 Å². The molecule has 0 spiro atoms. The first-order valence-electron chi connectivity index (χ1n) is 8.77. The molecule has 3 aromatic carbocycles. The van der Waals surface area contributed by atoms with E-state index in [4.69, 9.17) is 4.74 Å². The Labute approximate surface area is 153 Å². The van der Waals surface area contributed by atoms with Gasteiger partial charge in [0.25, 0.3) is 0 Å². The Kier molecular flexibility index (Phi) is 3.36. The monoisotopic (exact) mass is 336 g/mol. The number of rotatable bonds is 1. The molecular formula is C24H18NO+. The Hall–Kier alpha value is -3.39. The predicted octanol–water partition coefficient (Wildman–Crippen LogP) is 5.28. The summed E-state index contributed by atoms with van der Waals surface area (Å²) in [6.07, 6.45) is 4.31. The van der Waals surface area contributed by atoms with Crippen LogP contribution in [-0.2, 0) is 0 Å². The summed E-state index contributed by atoms with van der Waals surface area (Å²) in [7, 11) is 2.07. The molecule has 2 aliphatic heterocycles. The molecule has 0 atom stereocenters. The first-order valence-corrected chi connectivity index (χ1v) is 8.77. The molecule has 0 amide bonds. The molecule has 2 heteroatoms. The van der Waals surface area contributed by atoms with Gasteiger partial charge < -0.3 is 4.74 Å². The second kappa shape index (κ2) is 5.85. The van der Waals surface area contributed by atoms with Gasteiger partial charge in [-0.1, -0.05) is 60.7 Å². The van der Waals surface area contributed by atoms with E-state index in [2.05, 4.69) is 84.6 Å². The molecule has 0 aliphatic carbocycles. The fraction of sp³-hybridized carbons (Fsp3) is 0.0417. The molecule has 2 nitrogen and oxygen atoms in total. The normalized spacial score (nSPS) is 17.7. The summed E-state index contributed by atoms with van der Waals surface area (Å²) in [5, 5.41) is 0. The predicted molar refractivity (Wildman–Crippen MR) is 106 cm³/mol. The van der Waals surface area contributed by atoms with E-state index in [0.29, 0.717) is 0 Å². The molecule has 0 bridgehead atoms. The first-order chi connectivity index (χ1) is 12.8. The van der Waals surface area contributed by atoms with Gasteiger partial charge in [0.05, 0.1) is 11.1 Å². The number of nitrogens with zero attached hydrogens (tertiary/aromatic N) is 1. The van der Waals surface area contributed by atoms with Crippen molar-refractivity contribution in [2.75, 3.05) is 7.05 Å². The minimum absolute atomic E-state index is 0.888. The lowest BCUT2D eigenvalue weighted by molar-refractivity contribution is -0.395. The van der Waals surface area contributed by atoms with Crippen molar-refractivity contribution in [3.05, 3.63) is 107 Å². The molecule has 0 N–H and O–H groups in total. The molecular weight excluding hydrogens is 318 g/mol. The highest BCUT2D eigenvalue weighted by atomic mass is 16.5. The van der Waals surface area contributed by atoms with Gasteiger partial charge in [-0.25, -0.2) is 4.58 Å². The Morgan fingerprint density at radius 3 is 2.27 bits per heavy atom. The third-order valence-electron chi connectivity index (χ3n) is 4.92. The van der Waals surface area contributed by atoms with E-state index >= 15 is 0 Å². The zero-order valence-corrected chi connectivity index (χ0v) is 14.5. The maximum Gasteiger partial charge on any atom is 0.213 e. The largest absolute Gasteiger partial charge is 0.456 e. The van der Waals surface area contributed by atoms with Crippen LogP contribution in [0.2, 0.25) is 0 Å². The number of ether oxygens (including phenoxy) is 1. The lowest BCUT2D eigenvalue weighted by Crippen LogP contribution is -2.07. The average molecular weight is 336 g/mol. The molecule has 26 heavy (non-hydrogen) atoms. The van der Waals surface area contributed by atoms with Gasteiger partial charge in [0.1, 0.15) is 18.6 Å². The van der Waals surface area contributed by atoms with Crippen molar-refractivity contribution in [1.82, 2.24) is 0 Å². The van der Waals surface area contributed by atoms with Crippen molar-refractivity contribution in [2.24, 2.45) is 0 Å². The average Bonchev–Trinajstić information content (AvgIpc) is 3.05. The van der Waals surface area contributed by atoms with Gasteiger partial charge in [-0.05, 0) is 29.3 Å². The van der Waals surface area contributed by atoms with Gasteiger partial charge in [-0.15, -0.1) is 0 Å². The summed E-state index contributed by atoms with van der Waals surface area (Å²) < 4.78 is 8.47. The van der Waals surface area contributed by atoms with Crippen molar-refractivity contribution in [2.45, 2.75) is 0 Å². The highest BCUT2D eigenvalue weighted by Crippen LogP contribution is 2.40. The summed E-state index contributed by atoms with van der Waals surface area (Å²) in [6, 6.07) is 27.2. The van der Waals surface area contributed by atoms with Gasteiger partial charge in [0.15, 0.2) is 6.21 Å². The summed E-state index contributed by atoms with van der Waals surface area (Å²) >= 11 is 0. The van der Waals surface area contributed by atoms with E-state index in [0.717, 1.165) is 22.6 Å². The second-order valence-electron chi connectivity index (χ2n) is 6.56. The van der Waals surface area contributed by atoms with Crippen molar-refractivity contribution < 1.29 is 9.31 Å². The Bertz CT molecular complexity index is 1100. The quantitative estimate of drug-likeness (QED) is 0.551. The van der Waals surface area contributed by atoms with Crippen LogP contribution in [0.25, 0.3) is 11.1 Å². The fourth-order valence-electron chi connectivity index (χ4n) is 3.66. The maximum absolute atomic E-state index is 6.32. The Balaban J connectivity index is 1.76. The summed E-state index contributed by atoms with van der Waals surface area (Å²) in [4.78, 5) is 0. The molecule has 0 fully saturated rings. The molecule has 2 aliphatic rings. The third kappa shape index (κ3) is 2.31. The lowest BCUT2D eigenvalue weighted by atomic mass is 9.93. The van der Waals surface area contributed by atoms with Gasteiger partial charge in [0, 0.05) is 11.6 Å². The second-order valence-corrected chi connectivity index (χ2v) is 6.56. The SMILES string of the molecule is C[N+]1=CC(=C2C=C(c3ccccc3)c3ccccc3O2)c2ccccc21. The molecule has 2 heterocycles. The molecule has 3 aromatic rings. The smallest absolute Gasteiger partial charge is 0.213 e. The van der Waals surface area contributed by atoms with Gasteiger partial charge in [-0.2, -0.15) is 0 Å². The Morgan fingerprint density at radius 1 is 0.731 bits per heavy atom. The lowest BCUT2D eigenvalue weighted by Gasteiger charge is -2.21.